The lowest BCUT2D eigenvalue weighted by Gasteiger charge is -2.08. The number of carbonyl (C=O) groups excluding carboxylic acids is 1. The maximum absolute atomic E-state index is 11.2. The van der Waals surface area contributed by atoms with Gasteiger partial charge in [-0.3, -0.25) is 4.79 Å². The van der Waals surface area contributed by atoms with Crippen LogP contribution in [0.15, 0.2) is 11.4 Å². The summed E-state index contributed by atoms with van der Waals surface area (Å²) in [6.07, 6.45) is 0.997. The number of aromatic nitrogens is 2. The van der Waals surface area contributed by atoms with E-state index in [-0.39, 0.29) is 12.5 Å². The van der Waals surface area contributed by atoms with Crippen LogP contribution in [0.5, 0.6) is 0 Å². The van der Waals surface area contributed by atoms with Gasteiger partial charge in [0.25, 0.3) is 0 Å². The molecule has 0 unspecified atom stereocenters. The summed E-state index contributed by atoms with van der Waals surface area (Å²) in [4.78, 5) is 20.9. The average Bonchev–Trinajstić information content (AvgIpc) is 2.90. The minimum atomic E-state index is -0.329. The largest absolute Gasteiger partial charge is 0.468 e. The Hall–Kier alpha value is -1.89. The number of rotatable bonds is 6. The molecule has 0 aromatic carbocycles. The van der Waals surface area contributed by atoms with E-state index in [2.05, 4.69) is 32.3 Å². The van der Waals surface area contributed by atoms with Gasteiger partial charge in [-0.15, -0.1) is 11.3 Å². The zero-order valence-corrected chi connectivity index (χ0v) is 11.7. The van der Waals surface area contributed by atoms with Crippen molar-refractivity contribution in [3.8, 4) is 0 Å². The summed E-state index contributed by atoms with van der Waals surface area (Å²) < 4.78 is 4.60. The van der Waals surface area contributed by atoms with E-state index < -0.39 is 0 Å². The molecule has 0 saturated carbocycles. The predicted octanol–water partition coefficient (Wildman–Crippen LogP) is 2.10. The lowest BCUT2D eigenvalue weighted by Crippen LogP contribution is -2.16. The first-order valence-electron chi connectivity index (χ1n) is 6.04. The highest BCUT2D eigenvalue weighted by Crippen LogP contribution is 2.26. The summed E-state index contributed by atoms with van der Waals surface area (Å²) in [5, 5.41) is 8.99. The zero-order chi connectivity index (χ0) is 13.7. The highest BCUT2D eigenvalue weighted by Gasteiger charge is 2.10. The Kier molecular flexibility index (Phi) is 4.51. The number of thiophene rings is 1. The standard InChI is InChI=1S/C12H16N4O2S/c1-3-5-13-12-15-10(14-7-9(17)18-2)8-4-6-19-11(8)16-12/h4,6H,3,5,7H2,1-2H3,(H2,13,14,15,16). The van der Waals surface area contributed by atoms with Crippen molar-refractivity contribution in [2.75, 3.05) is 30.8 Å². The number of hydrogen-bond donors (Lipinski definition) is 2. The molecule has 0 spiro atoms. The van der Waals surface area contributed by atoms with Crippen LogP contribution in [0.4, 0.5) is 11.8 Å². The molecule has 0 aliphatic heterocycles. The van der Waals surface area contributed by atoms with Crippen molar-refractivity contribution in [3.63, 3.8) is 0 Å². The first-order valence-corrected chi connectivity index (χ1v) is 6.92. The number of esters is 1. The molecular formula is C12H16N4O2S. The van der Waals surface area contributed by atoms with E-state index in [0.29, 0.717) is 11.8 Å². The minimum absolute atomic E-state index is 0.0890. The lowest BCUT2D eigenvalue weighted by molar-refractivity contribution is -0.138. The Morgan fingerprint density at radius 2 is 2.26 bits per heavy atom. The van der Waals surface area contributed by atoms with Crippen molar-refractivity contribution < 1.29 is 9.53 Å². The van der Waals surface area contributed by atoms with Gasteiger partial charge in [-0.05, 0) is 17.9 Å². The molecule has 2 aromatic heterocycles. The summed E-state index contributed by atoms with van der Waals surface area (Å²) in [6, 6.07) is 1.93. The van der Waals surface area contributed by atoms with Crippen LogP contribution in [0, 0.1) is 0 Å². The third-order valence-corrected chi connectivity index (χ3v) is 3.29. The molecule has 6 nitrogen and oxygen atoms in total. The van der Waals surface area contributed by atoms with E-state index >= 15 is 0 Å². The monoisotopic (exact) mass is 280 g/mol. The van der Waals surface area contributed by atoms with Gasteiger partial charge in [-0.1, -0.05) is 6.92 Å². The van der Waals surface area contributed by atoms with Crippen LogP contribution in [-0.4, -0.2) is 36.1 Å². The number of hydrogen-bond acceptors (Lipinski definition) is 7. The first kappa shape index (κ1) is 13.5. The molecule has 2 heterocycles. The number of nitrogens with one attached hydrogen (secondary N) is 2. The van der Waals surface area contributed by atoms with Gasteiger partial charge < -0.3 is 15.4 Å². The smallest absolute Gasteiger partial charge is 0.325 e. The van der Waals surface area contributed by atoms with Gasteiger partial charge in [-0.25, -0.2) is 4.98 Å². The SMILES string of the molecule is CCCNc1nc(NCC(=O)OC)c2ccsc2n1. The Balaban J connectivity index is 2.23. The molecule has 0 radical (unpaired) electrons. The molecule has 0 bridgehead atoms. The fourth-order valence-electron chi connectivity index (χ4n) is 1.53. The van der Waals surface area contributed by atoms with Crippen LogP contribution in [-0.2, 0) is 9.53 Å². The molecular weight excluding hydrogens is 264 g/mol. The Morgan fingerprint density at radius 3 is 3.00 bits per heavy atom. The maximum atomic E-state index is 11.2. The topological polar surface area (TPSA) is 76.1 Å². The second-order valence-corrected chi connectivity index (χ2v) is 4.79. The zero-order valence-electron chi connectivity index (χ0n) is 10.9. The number of fused-ring (bicyclic) bond motifs is 1. The number of nitrogens with zero attached hydrogens (tertiary/aromatic N) is 2. The van der Waals surface area contributed by atoms with Gasteiger partial charge >= 0.3 is 5.97 Å². The highest BCUT2D eigenvalue weighted by molar-refractivity contribution is 7.16. The quantitative estimate of drug-likeness (QED) is 0.789. The van der Waals surface area contributed by atoms with E-state index in [9.17, 15) is 4.79 Å². The van der Waals surface area contributed by atoms with Crippen molar-refractivity contribution in [2.24, 2.45) is 0 Å². The number of carbonyl (C=O) groups is 1. The molecule has 19 heavy (non-hydrogen) atoms. The predicted molar refractivity (Wildman–Crippen MR) is 76.7 cm³/mol. The van der Waals surface area contributed by atoms with Crippen molar-refractivity contribution in [1.29, 1.82) is 0 Å². The normalized spacial score (nSPS) is 10.4. The van der Waals surface area contributed by atoms with E-state index in [1.807, 2.05) is 11.4 Å². The Labute approximate surface area is 115 Å². The minimum Gasteiger partial charge on any atom is -0.468 e. The molecule has 0 atom stereocenters. The molecule has 102 valence electrons. The van der Waals surface area contributed by atoms with Gasteiger partial charge in [0.2, 0.25) is 5.95 Å². The molecule has 2 N–H and O–H groups in total. The van der Waals surface area contributed by atoms with Gasteiger partial charge in [-0.2, -0.15) is 4.98 Å². The van der Waals surface area contributed by atoms with Gasteiger partial charge in [0, 0.05) is 6.54 Å². The van der Waals surface area contributed by atoms with Crippen LogP contribution in [0.25, 0.3) is 10.2 Å². The fraction of sp³-hybridized carbons (Fsp3) is 0.417. The fourth-order valence-corrected chi connectivity index (χ4v) is 2.30. The Morgan fingerprint density at radius 1 is 1.42 bits per heavy atom. The van der Waals surface area contributed by atoms with Gasteiger partial charge in [0.1, 0.15) is 17.2 Å². The molecule has 0 fully saturated rings. The third-order valence-electron chi connectivity index (χ3n) is 2.49. The van der Waals surface area contributed by atoms with Gasteiger partial charge in [0.05, 0.1) is 12.5 Å². The number of methoxy groups -OCH3 is 1. The van der Waals surface area contributed by atoms with E-state index in [1.165, 1.54) is 7.11 Å². The average molecular weight is 280 g/mol. The summed E-state index contributed by atoms with van der Waals surface area (Å²) >= 11 is 1.54. The van der Waals surface area contributed by atoms with E-state index in [0.717, 1.165) is 23.2 Å². The highest BCUT2D eigenvalue weighted by atomic mass is 32.1. The number of ether oxygens (including phenoxy) is 1. The Bertz CT molecular complexity index is 570. The van der Waals surface area contributed by atoms with Crippen LogP contribution in [0.2, 0.25) is 0 Å². The maximum Gasteiger partial charge on any atom is 0.325 e. The van der Waals surface area contributed by atoms with Crippen LogP contribution in [0.3, 0.4) is 0 Å². The van der Waals surface area contributed by atoms with Crippen LogP contribution < -0.4 is 10.6 Å². The summed E-state index contributed by atoms with van der Waals surface area (Å²) in [5.74, 6) is 0.893. The third kappa shape index (κ3) is 3.31. The molecule has 0 aliphatic carbocycles. The van der Waals surface area contributed by atoms with Crippen molar-refractivity contribution >= 4 is 39.3 Å². The van der Waals surface area contributed by atoms with E-state index in [1.54, 1.807) is 11.3 Å². The lowest BCUT2D eigenvalue weighted by atomic mass is 10.4. The molecule has 2 aromatic rings. The summed E-state index contributed by atoms with van der Waals surface area (Å²) in [7, 11) is 1.36. The second-order valence-electron chi connectivity index (χ2n) is 3.89. The molecule has 2 rings (SSSR count). The summed E-state index contributed by atoms with van der Waals surface area (Å²) in [5.41, 5.74) is 0. The summed E-state index contributed by atoms with van der Waals surface area (Å²) in [6.45, 7) is 2.98. The molecule has 0 saturated heterocycles. The van der Waals surface area contributed by atoms with Gasteiger partial charge in [0.15, 0.2) is 0 Å². The van der Waals surface area contributed by atoms with Crippen molar-refractivity contribution in [1.82, 2.24) is 9.97 Å². The second kappa shape index (κ2) is 6.33. The number of anilines is 2. The molecule has 0 aliphatic rings. The first-order chi connectivity index (χ1) is 9.24. The van der Waals surface area contributed by atoms with Crippen molar-refractivity contribution in [2.45, 2.75) is 13.3 Å². The molecule has 0 amide bonds. The van der Waals surface area contributed by atoms with Crippen LogP contribution in [0.1, 0.15) is 13.3 Å². The van der Waals surface area contributed by atoms with Crippen LogP contribution >= 0.6 is 11.3 Å². The van der Waals surface area contributed by atoms with E-state index in [4.69, 9.17) is 0 Å². The molecule has 7 heteroatoms. The van der Waals surface area contributed by atoms with Crippen molar-refractivity contribution in [3.05, 3.63) is 11.4 Å².